The topological polar surface area (TPSA) is 80.5 Å². The summed E-state index contributed by atoms with van der Waals surface area (Å²) in [5.74, 6) is 0.898. The number of ether oxygens (including phenoxy) is 1. The quantitative estimate of drug-likeness (QED) is 0.365. The van der Waals surface area contributed by atoms with Crippen LogP contribution in [0, 0.1) is 11.3 Å². The molecule has 6 nitrogen and oxygen atoms in total. The van der Waals surface area contributed by atoms with E-state index in [0.717, 1.165) is 28.0 Å². The van der Waals surface area contributed by atoms with Crippen LogP contribution in [0.1, 0.15) is 34.4 Å². The number of nitrogens with zero attached hydrogens (tertiary/aromatic N) is 3. The lowest BCUT2D eigenvalue weighted by molar-refractivity contribution is 0.0563. The molecule has 0 aliphatic carbocycles. The molecule has 0 aliphatic heterocycles. The van der Waals surface area contributed by atoms with Crippen LogP contribution in [0.2, 0.25) is 0 Å². The van der Waals surface area contributed by atoms with Gasteiger partial charge >= 0.3 is 5.97 Å². The number of imidazole rings is 1. The zero-order valence-electron chi connectivity index (χ0n) is 15.4. The van der Waals surface area contributed by atoms with Crippen molar-refractivity contribution >= 4 is 34.4 Å². The number of nitriles is 1. The van der Waals surface area contributed by atoms with E-state index in [9.17, 15) is 10.1 Å². The number of benzene rings is 1. The first-order chi connectivity index (χ1) is 13.7. The first-order valence-corrected chi connectivity index (χ1v) is 9.77. The first kappa shape index (κ1) is 18.1. The monoisotopic (exact) mass is 391 g/mol. The minimum Gasteiger partial charge on any atom is -0.463 e. The normalized spacial score (nSPS) is 11.0. The molecule has 0 aliphatic rings. The molecule has 4 rings (SSSR count). The number of pyridine rings is 1. The maximum atomic E-state index is 11.6. The van der Waals surface area contributed by atoms with Crippen LogP contribution in [0.15, 0.2) is 51.9 Å². The SMILES string of the molecule is CCc1cc(SCc2ccc(C(=O)OC)o2)n2c(nc3ccccc32)c1C#N. The second-order valence-corrected chi connectivity index (χ2v) is 7.15. The number of carbonyl (C=O) groups is 1. The van der Waals surface area contributed by atoms with Gasteiger partial charge in [0.15, 0.2) is 5.65 Å². The number of hydrogen-bond acceptors (Lipinski definition) is 6. The van der Waals surface area contributed by atoms with Gasteiger partial charge in [0.2, 0.25) is 5.76 Å². The Bertz CT molecular complexity index is 1230. The molecule has 0 radical (unpaired) electrons. The summed E-state index contributed by atoms with van der Waals surface area (Å²) >= 11 is 1.57. The van der Waals surface area contributed by atoms with E-state index in [-0.39, 0.29) is 5.76 Å². The predicted molar refractivity (Wildman–Crippen MR) is 106 cm³/mol. The number of furan rings is 1. The van der Waals surface area contributed by atoms with Gasteiger partial charge in [0.1, 0.15) is 11.8 Å². The second kappa shape index (κ2) is 7.41. The molecule has 0 spiro atoms. The Balaban J connectivity index is 1.79. The molecule has 3 aromatic heterocycles. The van der Waals surface area contributed by atoms with Crippen molar-refractivity contribution in [2.24, 2.45) is 0 Å². The van der Waals surface area contributed by atoms with Crippen molar-refractivity contribution in [3.63, 3.8) is 0 Å². The van der Waals surface area contributed by atoms with Crippen LogP contribution in [0.5, 0.6) is 0 Å². The number of methoxy groups -OCH3 is 1. The van der Waals surface area contributed by atoms with Crippen molar-refractivity contribution in [3.05, 3.63) is 65.1 Å². The van der Waals surface area contributed by atoms with Crippen LogP contribution in [0.3, 0.4) is 0 Å². The summed E-state index contributed by atoms with van der Waals surface area (Å²) < 4.78 is 12.3. The Morgan fingerprint density at radius 1 is 1.32 bits per heavy atom. The van der Waals surface area contributed by atoms with E-state index < -0.39 is 5.97 Å². The molecule has 0 atom stereocenters. The lowest BCUT2D eigenvalue weighted by Gasteiger charge is -2.10. The van der Waals surface area contributed by atoms with Crippen LogP contribution in [0.4, 0.5) is 0 Å². The third-order valence-electron chi connectivity index (χ3n) is 4.53. The molecule has 0 fully saturated rings. The Hall–Kier alpha value is -3.24. The van der Waals surface area contributed by atoms with Gasteiger partial charge in [-0.2, -0.15) is 5.26 Å². The molecule has 3 heterocycles. The lowest BCUT2D eigenvalue weighted by atomic mass is 10.1. The minimum atomic E-state index is -0.495. The lowest BCUT2D eigenvalue weighted by Crippen LogP contribution is -1.99. The average molecular weight is 391 g/mol. The molecule has 0 N–H and O–H groups in total. The first-order valence-electron chi connectivity index (χ1n) is 8.79. The summed E-state index contributed by atoms with van der Waals surface area (Å²) in [4.78, 5) is 16.3. The van der Waals surface area contributed by atoms with Crippen molar-refractivity contribution in [1.29, 1.82) is 5.26 Å². The van der Waals surface area contributed by atoms with Gasteiger partial charge in [0, 0.05) is 0 Å². The minimum absolute atomic E-state index is 0.186. The Labute approximate surface area is 165 Å². The van der Waals surface area contributed by atoms with Crippen molar-refractivity contribution in [1.82, 2.24) is 9.38 Å². The Morgan fingerprint density at radius 3 is 2.89 bits per heavy atom. The van der Waals surface area contributed by atoms with Crippen molar-refractivity contribution in [2.45, 2.75) is 24.1 Å². The molecular weight excluding hydrogens is 374 g/mol. The molecule has 0 saturated carbocycles. The molecule has 0 bridgehead atoms. The van der Waals surface area contributed by atoms with Gasteiger partial charge in [-0.15, -0.1) is 0 Å². The van der Waals surface area contributed by atoms with E-state index >= 15 is 0 Å². The van der Waals surface area contributed by atoms with E-state index in [1.54, 1.807) is 23.9 Å². The van der Waals surface area contributed by atoms with Gasteiger partial charge in [-0.1, -0.05) is 30.8 Å². The summed E-state index contributed by atoms with van der Waals surface area (Å²) in [6.45, 7) is 2.03. The highest BCUT2D eigenvalue weighted by atomic mass is 32.2. The molecular formula is C21H17N3O3S. The summed E-state index contributed by atoms with van der Waals surface area (Å²) in [5.41, 5.74) is 4.03. The maximum absolute atomic E-state index is 11.6. The number of fused-ring (bicyclic) bond motifs is 3. The van der Waals surface area contributed by atoms with Crippen LogP contribution in [0.25, 0.3) is 16.7 Å². The van der Waals surface area contributed by atoms with Gasteiger partial charge in [-0.25, -0.2) is 9.78 Å². The molecule has 0 saturated heterocycles. The molecule has 7 heteroatoms. The standard InChI is InChI=1S/C21H17N3O3S/c1-3-13-10-19(28-12-14-8-9-18(27-14)21(25)26-2)24-17-7-5-4-6-16(17)23-20(24)15(13)11-22/h4-10H,3,12H2,1-2H3. The van der Waals surface area contributed by atoms with Crippen LogP contribution in [-0.4, -0.2) is 22.5 Å². The van der Waals surface area contributed by atoms with E-state index in [0.29, 0.717) is 22.7 Å². The van der Waals surface area contributed by atoms with Gasteiger partial charge in [-0.05, 0) is 42.3 Å². The molecule has 1 aromatic carbocycles. The highest BCUT2D eigenvalue weighted by Gasteiger charge is 2.17. The molecule has 0 amide bonds. The van der Waals surface area contributed by atoms with Crippen LogP contribution >= 0.6 is 11.8 Å². The highest BCUT2D eigenvalue weighted by Crippen LogP contribution is 2.31. The van der Waals surface area contributed by atoms with Crippen molar-refractivity contribution in [3.8, 4) is 6.07 Å². The number of para-hydroxylation sites is 2. The number of esters is 1. The summed E-state index contributed by atoms with van der Waals surface area (Å²) in [7, 11) is 1.32. The highest BCUT2D eigenvalue weighted by molar-refractivity contribution is 7.98. The smallest absolute Gasteiger partial charge is 0.373 e. The summed E-state index contributed by atoms with van der Waals surface area (Å²) in [6, 6.07) is 15.6. The fraction of sp³-hybridized carbons (Fsp3) is 0.190. The number of aryl methyl sites for hydroxylation is 1. The van der Waals surface area contributed by atoms with Gasteiger partial charge < -0.3 is 9.15 Å². The van der Waals surface area contributed by atoms with Gasteiger partial charge in [-0.3, -0.25) is 4.40 Å². The van der Waals surface area contributed by atoms with Crippen molar-refractivity contribution in [2.75, 3.05) is 7.11 Å². The fourth-order valence-corrected chi connectivity index (χ4v) is 4.15. The van der Waals surface area contributed by atoms with E-state index in [2.05, 4.69) is 10.8 Å². The second-order valence-electron chi connectivity index (χ2n) is 6.15. The number of hydrogen-bond donors (Lipinski definition) is 0. The zero-order valence-corrected chi connectivity index (χ0v) is 16.2. The van der Waals surface area contributed by atoms with Crippen molar-refractivity contribution < 1.29 is 13.9 Å². The molecule has 28 heavy (non-hydrogen) atoms. The number of thioether (sulfide) groups is 1. The fourth-order valence-electron chi connectivity index (χ4n) is 3.16. The number of carbonyl (C=O) groups excluding carboxylic acids is 1. The summed E-state index contributed by atoms with van der Waals surface area (Å²) in [5, 5.41) is 10.6. The third kappa shape index (κ3) is 3.02. The Kier molecular flexibility index (Phi) is 4.80. The van der Waals surface area contributed by atoms with Crippen LogP contribution < -0.4 is 0 Å². The van der Waals surface area contributed by atoms with Gasteiger partial charge in [0.05, 0.1) is 34.5 Å². The molecule has 4 aromatic rings. The third-order valence-corrected chi connectivity index (χ3v) is 5.55. The summed E-state index contributed by atoms with van der Waals surface area (Å²) in [6.07, 6.45) is 0.739. The zero-order chi connectivity index (χ0) is 19.7. The van der Waals surface area contributed by atoms with E-state index in [1.165, 1.54) is 7.11 Å². The van der Waals surface area contributed by atoms with E-state index in [4.69, 9.17) is 9.40 Å². The van der Waals surface area contributed by atoms with Crippen LogP contribution in [-0.2, 0) is 16.9 Å². The number of rotatable bonds is 5. The largest absolute Gasteiger partial charge is 0.463 e. The van der Waals surface area contributed by atoms with Gasteiger partial charge in [0.25, 0.3) is 0 Å². The Morgan fingerprint density at radius 2 is 2.14 bits per heavy atom. The number of aromatic nitrogens is 2. The average Bonchev–Trinajstić information content (AvgIpc) is 3.35. The molecule has 0 unspecified atom stereocenters. The maximum Gasteiger partial charge on any atom is 0.373 e. The predicted octanol–water partition coefficient (Wildman–Crippen LogP) is 4.59. The van der Waals surface area contributed by atoms with E-state index in [1.807, 2.05) is 41.7 Å². The molecule has 140 valence electrons.